The van der Waals surface area contributed by atoms with Gasteiger partial charge in [-0.15, -0.1) is 12.3 Å². The van der Waals surface area contributed by atoms with Crippen molar-refractivity contribution >= 4 is 12.9 Å². The Morgan fingerprint density at radius 3 is 2.33 bits per heavy atom. The van der Waals surface area contributed by atoms with E-state index >= 15 is 0 Å². The number of hydrogen-bond acceptors (Lipinski definition) is 1. The van der Waals surface area contributed by atoms with Gasteiger partial charge >= 0.3 is 7.60 Å². The smallest absolute Gasteiger partial charge is 0.321 e. The van der Waals surface area contributed by atoms with E-state index in [1.807, 2.05) is 6.07 Å². The van der Waals surface area contributed by atoms with Crippen molar-refractivity contribution in [3.63, 3.8) is 0 Å². The minimum absolute atomic E-state index is 0.0838. The first kappa shape index (κ1) is 12.0. The Labute approximate surface area is 89.3 Å². The summed E-state index contributed by atoms with van der Waals surface area (Å²) in [5.74, 6) is 2.42. The summed E-state index contributed by atoms with van der Waals surface area (Å²) in [4.78, 5) is 18.5. The summed E-state index contributed by atoms with van der Waals surface area (Å²) < 4.78 is 11.3. The molecule has 0 bridgehead atoms. The molecule has 0 atom stereocenters. The first-order valence-corrected chi connectivity index (χ1v) is 6.08. The van der Waals surface area contributed by atoms with E-state index in [-0.39, 0.29) is 11.7 Å². The van der Waals surface area contributed by atoms with Crippen molar-refractivity contribution in [2.45, 2.75) is 20.3 Å². The highest BCUT2D eigenvalue weighted by Crippen LogP contribution is 2.37. The molecule has 15 heavy (non-hydrogen) atoms. The van der Waals surface area contributed by atoms with Crippen LogP contribution in [0, 0.1) is 26.2 Å². The summed E-state index contributed by atoms with van der Waals surface area (Å²) in [6, 6.07) is 3.52. The van der Waals surface area contributed by atoms with Gasteiger partial charge in [-0.3, -0.25) is 4.57 Å². The summed E-state index contributed by atoms with van der Waals surface area (Å²) in [5.41, 5.74) is 1.97. The molecule has 1 aromatic carbocycles. The Balaban J connectivity index is 3.54. The Hall–Kier alpha value is -1.07. The lowest BCUT2D eigenvalue weighted by atomic mass is 10.0. The second-order valence-electron chi connectivity index (χ2n) is 3.45. The van der Waals surface area contributed by atoms with E-state index in [0.717, 1.165) is 5.56 Å². The Morgan fingerprint density at radius 1 is 1.33 bits per heavy atom. The quantitative estimate of drug-likeness (QED) is 0.587. The molecule has 0 saturated carbocycles. The zero-order valence-corrected chi connectivity index (χ0v) is 9.58. The molecule has 1 aromatic rings. The molecule has 0 radical (unpaired) electrons. The van der Waals surface area contributed by atoms with E-state index in [1.54, 1.807) is 19.9 Å². The monoisotopic (exact) mass is 224 g/mol. The van der Waals surface area contributed by atoms with Crippen molar-refractivity contribution < 1.29 is 14.4 Å². The van der Waals surface area contributed by atoms with Gasteiger partial charge in [0.25, 0.3) is 0 Å². The van der Waals surface area contributed by atoms with Gasteiger partial charge < -0.3 is 9.79 Å². The largest absolute Gasteiger partial charge is 0.356 e. The van der Waals surface area contributed by atoms with Gasteiger partial charge in [-0.05, 0) is 30.5 Å². The van der Waals surface area contributed by atoms with Crippen LogP contribution in [0.25, 0.3) is 0 Å². The molecule has 0 aliphatic rings. The third-order valence-corrected chi connectivity index (χ3v) is 3.49. The second kappa shape index (κ2) is 4.20. The minimum Gasteiger partial charge on any atom is -0.321 e. The van der Waals surface area contributed by atoms with Crippen molar-refractivity contribution in [2.24, 2.45) is 0 Å². The van der Waals surface area contributed by atoms with Crippen molar-refractivity contribution in [3.05, 3.63) is 28.8 Å². The van der Waals surface area contributed by atoms with Crippen molar-refractivity contribution in [2.75, 3.05) is 0 Å². The SMILES string of the molecule is C#CCc1c(C)ccc(C)c1P(=O)(O)O. The van der Waals surface area contributed by atoms with Gasteiger partial charge in [0.05, 0.1) is 5.30 Å². The zero-order chi connectivity index (χ0) is 11.6. The van der Waals surface area contributed by atoms with E-state index < -0.39 is 7.60 Å². The van der Waals surface area contributed by atoms with Gasteiger partial charge in [-0.25, -0.2) is 0 Å². The number of terminal acetylenes is 1. The highest BCUT2D eigenvalue weighted by molar-refractivity contribution is 7.60. The molecule has 4 heteroatoms. The van der Waals surface area contributed by atoms with Crippen molar-refractivity contribution in [3.8, 4) is 12.3 Å². The molecule has 1 rings (SSSR count). The van der Waals surface area contributed by atoms with Gasteiger partial charge in [0, 0.05) is 6.42 Å². The van der Waals surface area contributed by atoms with Crippen LogP contribution in [0.4, 0.5) is 0 Å². The maximum Gasteiger partial charge on any atom is 0.356 e. The fraction of sp³-hybridized carbons (Fsp3) is 0.273. The molecule has 0 aliphatic carbocycles. The summed E-state index contributed by atoms with van der Waals surface area (Å²) in [6.45, 7) is 3.47. The average molecular weight is 224 g/mol. The van der Waals surface area contributed by atoms with Crippen molar-refractivity contribution in [1.29, 1.82) is 0 Å². The van der Waals surface area contributed by atoms with E-state index in [9.17, 15) is 14.4 Å². The summed E-state index contributed by atoms with van der Waals surface area (Å²) in [6.07, 6.45) is 5.43. The fourth-order valence-electron chi connectivity index (χ4n) is 1.59. The summed E-state index contributed by atoms with van der Waals surface area (Å²) >= 11 is 0. The normalized spacial score (nSPS) is 11.1. The zero-order valence-electron chi connectivity index (χ0n) is 8.69. The maximum absolute atomic E-state index is 11.3. The van der Waals surface area contributed by atoms with E-state index in [4.69, 9.17) is 6.42 Å². The molecule has 0 amide bonds. The number of rotatable bonds is 2. The van der Waals surface area contributed by atoms with E-state index in [1.165, 1.54) is 0 Å². The minimum atomic E-state index is -4.25. The van der Waals surface area contributed by atoms with E-state index in [0.29, 0.717) is 11.1 Å². The number of benzene rings is 1. The molecule has 0 saturated heterocycles. The van der Waals surface area contributed by atoms with Crippen LogP contribution < -0.4 is 5.30 Å². The number of hydrogen-bond donors (Lipinski definition) is 2. The molecule has 0 unspecified atom stereocenters. The first-order chi connectivity index (χ1) is 6.88. The number of aryl methyl sites for hydroxylation is 2. The Morgan fingerprint density at radius 2 is 1.87 bits per heavy atom. The molecule has 2 N–H and O–H groups in total. The molecule has 0 aliphatic heterocycles. The lowest BCUT2D eigenvalue weighted by Crippen LogP contribution is -2.16. The molecule has 3 nitrogen and oxygen atoms in total. The first-order valence-electron chi connectivity index (χ1n) is 4.46. The van der Waals surface area contributed by atoms with Gasteiger partial charge in [-0.1, -0.05) is 12.1 Å². The molecular weight excluding hydrogens is 211 g/mol. The van der Waals surface area contributed by atoms with Crippen LogP contribution in [-0.4, -0.2) is 9.79 Å². The third-order valence-electron chi connectivity index (χ3n) is 2.29. The van der Waals surface area contributed by atoms with Gasteiger partial charge in [0.2, 0.25) is 0 Å². The fourth-order valence-corrected chi connectivity index (χ4v) is 2.73. The lowest BCUT2D eigenvalue weighted by Gasteiger charge is -2.14. The molecule has 0 aromatic heterocycles. The molecule has 0 spiro atoms. The topological polar surface area (TPSA) is 57.5 Å². The Kier molecular flexibility index (Phi) is 3.36. The van der Waals surface area contributed by atoms with Crippen LogP contribution in [0.15, 0.2) is 12.1 Å². The van der Waals surface area contributed by atoms with Crippen LogP contribution in [0.3, 0.4) is 0 Å². The van der Waals surface area contributed by atoms with Gasteiger partial charge in [-0.2, -0.15) is 0 Å². The third kappa shape index (κ3) is 2.49. The van der Waals surface area contributed by atoms with Crippen LogP contribution in [0.2, 0.25) is 0 Å². The summed E-state index contributed by atoms with van der Waals surface area (Å²) in [7, 11) is -4.25. The van der Waals surface area contributed by atoms with Crippen molar-refractivity contribution in [1.82, 2.24) is 0 Å². The highest BCUT2D eigenvalue weighted by Gasteiger charge is 2.24. The van der Waals surface area contributed by atoms with Crippen LogP contribution in [-0.2, 0) is 11.0 Å². The predicted octanol–water partition coefficient (Wildman–Crippen LogP) is 1.28. The summed E-state index contributed by atoms with van der Waals surface area (Å²) in [5, 5.41) is 0.0838. The molecule has 80 valence electrons. The van der Waals surface area contributed by atoms with Crippen LogP contribution in [0.5, 0.6) is 0 Å². The predicted molar refractivity (Wildman–Crippen MR) is 60.1 cm³/mol. The Bertz CT molecular complexity index is 465. The lowest BCUT2D eigenvalue weighted by molar-refractivity contribution is 0.387. The molecule has 0 fully saturated rings. The maximum atomic E-state index is 11.3. The molecular formula is C11H13O3P. The standard InChI is InChI=1S/C11H13O3P/c1-4-5-10-8(2)6-7-9(3)11(10)15(12,13)14/h1,6-7H,5H2,2-3H3,(H2,12,13,14). The van der Waals surface area contributed by atoms with Gasteiger partial charge in [0.15, 0.2) is 0 Å². The highest BCUT2D eigenvalue weighted by atomic mass is 31.2. The van der Waals surface area contributed by atoms with Crippen LogP contribution >= 0.6 is 7.60 Å². The van der Waals surface area contributed by atoms with Crippen LogP contribution in [0.1, 0.15) is 16.7 Å². The molecule has 0 heterocycles. The van der Waals surface area contributed by atoms with Gasteiger partial charge in [0.1, 0.15) is 0 Å². The second-order valence-corrected chi connectivity index (χ2v) is 4.99. The average Bonchev–Trinajstić information content (AvgIpc) is 2.09. The van der Waals surface area contributed by atoms with E-state index in [2.05, 4.69) is 5.92 Å².